The molecular weight excluding hydrogens is 474 g/mol. The van der Waals surface area contributed by atoms with Gasteiger partial charge in [-0.25, -0.2) is 19.0 Å². The number of carbonyl (C=O) groups excluding carboxylic acids is 2. The largest absolute Gasteiger partial charge is 0.493 e. The third-order valence-corrected chi connectivity index (χ3v) is 5.94. The second-order valence-corrected chi connectivity index (χ2v) is 8.22. The number of benzene rings is 2. The molecule has 0 spiro atoms. The minimum atomic E-state index is -0.533. The number of ether oxygens (including phenoxy) is 2. The monoisotopic (exact) mass is 497 g/mol. The Morgan fingerprint density at radius 2 is 1.92 bits per heavy atom. The van der Waals surface area contributed by atoms with Crippen LogP contribution in [0.3, 0.4) is 0 Å². The van der Waals surface area contributed by atoms with E-state index in [0.29, 0.717) is 51.8 Å². The van der Waals surface area contributed by atoms with E-state index in [0.717, 1.165) is 10.6 Å². The molecule has 3 N–H and O–H groups in total. The molecule has 2 aromatic carbocycles. The number of nitrogens with one attached hydrogen (secondary N) is 3. The molecule has 0 aliphatic carbocycles. The van der Waals surface area contributed by atoms with Crippen LogP contribution in [0.2, 0.25) is 0 Å². The van der Waals surface area contributed by atoms with Crippen LogP contribution in [0.4, 0.5) is 26.7 Å². The zero-order chi connectivity index (χ0) is 25.9. The standard InChI is InChI=1S/C26H23N7O4/c1-16-20(31-26(35)32-12-11-28-25(32)34)15-33-24(16)23(17(13-27)14-29-33)30-18-7-9-19(10-8-18)37-22-6-4-3-5-21(22)36-2/h3-10,14-15,30H,11-12H2,1-2H3,(H,28,34)(H,31,35). The Labute approximate surface area is 212 Å². The highest BCUT2D eigenvalue weighted by molar-refractivity contribution is 6.03. The molecule has 11 nitrogen and oxygen atoms in total. The number of hydrogen-bond acceptors (Lipinski definition) is 7. The highest BCUT2D eigenvalue weighted by Gasteiger charge is 2.27. The first-order valence-electron chi connectivity index (χ1n) is 11.4. The topological polar surface area (TPSA) is 133 Å². The molecule has 0 atom stereocenters. The van der Waals surface area contributed by atoms with Crippen molar-refractivity contribution in [2.75, 3.05) is 30.8 Å². The smallest absolute Gasteiger partial charge is 0.330 e. The normalized spacial score (nSPS) is 12.7. The molecule has 1 fully saturated rings. The van der Waals surface area contributed by atoms with Gasteiger partial charge < -0.3 is 25.4 Å². The van der Waals surface area contributed by atoms with Gasteiger partial charge in [-0.05, 0) is 43.3 Å². The van der Waals surface area contributed by atoms with E-state index in [1.54, 1.807) is 30.0 Å². The molecule has 1 aliphatic heterocycles. The minimum Gasteiger partial charge on any atom is -0.493 e. The van der Waals surface area contributed by atoms with Crippen LogP contribution in [-0.4, -0.2) is 46.8 Å². The summed E-state index contributed by atoms with van der Waals surface area (Å²) in [6, 6.07) is 15.8. The number of anilines is 3. The molecule has 5 rings (SSSR count). The zero-order valence-electron chi connectivity index (χ0n) is 20.1. The van der Waals surface area contributed by atoms with Gasteiger partial charge in [0.2, 0.25) is 0 Å². The molecule has 186 valence electrons. The van der Waals surface area contributed by atoms with E-state index in [-0.39, 0.29) is 6.54 Å². The Hall–Kier alpha value is -5.24. The lowest BCUT2D eigenvalue weighted by molar-refractivity contribution is 0.207. The molecule has 37 heavy (non-hydrogen) atoms. The van der Waals surface area contributed by atoms with Crippen molar-refractivity contribution >= 4 is 34.6 Å². The van der Waals surface area contributed by atoms with Crippen LogP contribution in [0, 0.1) is 18.3 Å². The number of imide groups is 1. The molecule has 0 saturated carbocycles. The molecule has 1 aliphatic rings. The summed E-state index contributed by atoms with van der Waals surface area (Å²) in [7, 11) is 1.58. The van der Waals surface area contributed by atoms with E-state index in [2.05, 4.69) is 27.1 Å². The summed E-state index contributed by atoms with van der Waals surface area (Å²) < 4.78 is 12.9. The number of aromatic nitrogens is 2. The minimum absolute atomic E-state index is 0.289. The van der Waals surface area contributed by atoms with Gasteiger partial charge in [-0.2, -0.15) is 10.4 Å². The Morgan fingerprint density at radius 1 is 1.16 bits per heavy atom. The summed E-state index contributed by atoms with van der Waals surface area (Å²) in [5.74, 6) is 1.84. The number of urea groups is 2. The van der Waals surface area contributed by atoms with E-state index < -0.39 is 12.1 Å². The number of aryl methyl sites for hydroxylation is 1. The van der Waals surface area contributed by atoms with Crippen molar-refractivity contribution in [3.8, 4) is 23.3 Å². The van der Waals surface area contributed by atoms with Gasteiger partial charge in [-0.1, -0.05) is 12.1 Å². The van der Waals surface area contributed by atoms with E-state index in [9.17, 15) is 14.9 Å². The lowest BCUT2D eigenvalue weighted by atomic mass is 10.1. The van der Waals surface area contributed by atoms with Gasteiger partial charge in [-0.3, -0.25) is 0 Å². The van der Waals surface area contributed by atoms with Crippen molar-refractivity contribution in [2.45, 2.75) is 6.92 Å². The first kappa shape index (κ1) is 23.5. The highest BCUT2D eigenvalue weighted by Crippen LogP contribution is 2.34. The van der Waals surface area contributed by atoms with Crippen LogP contribution >= 0.6 is 0 Å². The van der Waals surface area contributed by atoms with Gasteiger partial charge in [0.1, 0.15) is 11.8 Å². The molecule has 0 radical (unpaired) electrons. The van der Waals surface area contributed by atoms with Crippen LogP contribution in [0.5, 0.6) is 17.2 Å². The van der Waals surface area contributed by atoms with Crippen LogP contribution in [0.15, 0.2) is 60.9 Å². The van der Waals surface area contributed by atoms with Gasteiger partial charge in [0, 0.05) is 24.3 Å². The van der Waals surface area contributed by atoms with Crippen molar-refractivity contribution in [1.29, 1.82) is 5.26 Å². The van der Waals surface area contributed by atoms with Crippen molar-refractivity contribution in [1.82, 2.24) is 19.8 Å². The molecular formula is C26H23N7O4. The Balaban J connectivity index is 1.41. The summed E-state index contributed by atoms with van der Waals surface area (Å²) in [4.78, 5) is 25.5. The average molecular weight is 498 g/mol. The van der Waals surface area contributed by atoms with Crippen molar-refractivity contribution in [3.05, 3.63) is 72.1 Å². The number of rotatable bonds is 6. The molecule has 4 amide bonds. The highest BCUT2D eigenvalue weighted by atomic mass is 16.5. The summed E-state index contributed by atoms with van der Waals surface area (Å²) in [5, 5.41) is 22.7. The molecule has 1 saturated heterocycles. The predicted molar refractivity (Wildman–Crippen MR) is 137 cm³/mol. The van der Waals surface area contributed by atoms with Gasteiger partial charge in [0.05, 0.1) is 42.0 Å². The Morgan fingerprint density at radius 3 is 2.59 bits per heavy atom. The molecule has 2 aromatic heterocycles. The maximum atomic E-state index is 12.6. The molecule has 0 unspecified atom stereocenters. The molecule has 3 heterocycles. The van der Waals surface area contributed by atoms with Crippen LogP contribution in [0.25, 0.3) is 5.52 Å². The first-order chi connectivity index (χ1) is 18.0. The third-order valence-electron chi connectivity index (χ3n) is 5.94. The second-order valence-electron chi connectivity index (χ2n) is 8.22. The van der Waals surface area contributed by atoms with Crippen LogP contribution in [0.1, 0.15) is 11.1 Å². The summed E-state index contributed by atoms with van der Waals surface area (Å²) in [6.45, 7) is 2.51. The van der Waals surface area contributed by atoms with Gasteiger partial charge in [-0.15, -0.1) is 0 Å². The fraction of sp³-hybridized carbons (Fsp3) is 0.154. The number of nitrogens with zero attached hydrogens (tertiary/aromatic N) is 4. The van der Waals surface area contributed by atoms with Crippen molar-refractivity contribution in [3.63, 3.8) is 0 Å². The number of hydrogen-bond donors (Lipinski definition) is 3. The maximum Gasteiger partial charge on any atom is 0.330 e. The molecule has 4 aromatic rings. The van der Waals surface area contributed by atoms with Crippen molar-refractivity contribution < 1.29 is 19.1 Å². The van der Waals surface area contributed by atoms with Gasteiger partial charge in [0.25, 0.3) is 0 Å². The average Bonchev–Trinajstić information content (AvgIpc) is 3.48. The fourth-order valence-electron chi connectivity index (χ4n) is 4.05. The SMILES string of the molecule is COc1ccccc1Oc1ccc(Nc2c(C#N)cnn3cc(NC(=O)N4CCNC4=O)c(C)c23)cc1. The Kier molecular flexibility index (Phi) is 6.22. The summed E-state index contributed by atoms with van der Waals surface area (Å²) >= 11 is 0. The van der Waals surface area contributed by atoms with Gasteiger partial charge >= 0.3 is 12.1 Å². The van der Waals surface area contributed by atoms with E-state index >= 15 is 0 Å². The second kappa shape index (κ2) is 9.79. The number of carbonyl (C=O) groups is 2. The molecule has 0 bridgehead atoms. The predicted octanol–water partition coefficient (Wildman–Crippen LogP) is 4.62. The number of fused-ring (bicyclic) bond motifs is 1. The number of nitriles is 1. The van der Waals surface area contributed by atoms with Crippen LogP contribution in [-0.2, 0) is 0 Å². The number of methoxy groups -OCH3 is 1. The van der Waals surface area contributed by atoms with E-state index in [1.807, 2.05) is 43.3 Å². The van der Waals surface area contributed by atoms with E-state index in [1.165, 1.54) is 6.20 Å². The lowest BCUT2D eigenvalue weighted by Crippen LogP contribution is -2.37. The third kappa shape index (κ3) is 4.55. The number of amides is 4. The fourth-order valence-corrected chi connectivity index (χ4v) is 4.05. The van der Waals surface area contributed by atoms with E-state index in [4.69, 9.17) is 9.47 Å². The van der Waals surface area contributed by atoms with Crippen LogP contribution < -0.4 is 25.4 Å². The quantitative estimate of drug-likeness (QED) is 0.354. The zero-order valence-corrected chi connectivity index (χ0v) is 20.1. The maximum absolute atomic E-state index is 12.6. The lowest BCUT2D eigenvalue weighted by Gasteiger charge is -2.14. The summed E-state index contributed by atoms with van der Waals surface area (Å²) in [5.41, 5.74) is 3.38. The Bertz CT molecular complexity index is 1540. The van der Waals surface area contributed by atoms with Crippen molar-refractivity contribution in [2.24, 2.45) is 0 Å². The first-order valence-corrected chi connectivity index (χ1v) is 11.4. The number of para-hydroxylation sites is 2. The molecule has 11 heteroatoms. The van der Waals surface area contributed by atoms with Gasteiger partial charge in [0.15, 0.2) is 11.5 Å². The summed E-state index contributed by atoms with van der Waals surface area (Å²) in [6.07, 6.45) is 3.10.